The topological polar surface area (TPSA) is 55.8 Å². The number of aryl methyl sites for hydroxylation is 1. The Morgan fingerprint density at radius 1 is 1.18 bits per heavy atom. The summed E-state index contributed by atoms with van der Waals surface area (Å²) >= 11 is 0. The molecular weight excluding hydrogens is 352 g/mol. The van der Waals surface area contributed by atoms with Crippen LogP contribution in [0.2, 0.25) is 0 Å². The van der Waals surface area contributed by atoms with Crippen LogP contribution in [0, 0.1) is 0 Å². The largest absolute Gasteiger partial charge is 0.507 e. The quantitative estimate of drug-likeness (QED) is 0.413. The fraction of sp³-hybridized carbons (Fsp3) is 0.625. The minimum atomic E-state index is -0.248. The molecule has 0 aromatic heterocycles. The van der Waals surface area contributed by atoms with Gasteiger partial charge in [-0.2, -0.15) is 0 Å². The summed E-state index contributed by atoms with van der Waals surface area (Å²) in [7, 11) is 0. The molecule has 0 aliphatic heterocycles. The van der Waals surface area contributed by atoms with Crippen molar-refractivity contribution in [3.8, 4) is 11.5 Å². The summed E-state index contributed by atoms with van der Waals surface area (Å²) in [5, 5.41) is 10.8. The molecule has 28 heavy (non-hydrogen) atoms. The van der Waals surface area contributed by atoms with Crippen molar-refractivity contribution in [3.05, 3.63) is 34.9 Å². The number of hydrogen-bond donors (Lipinski definition) is 1. The SMILES string of the molecule is CCCCCc1cc(O)c(C2C=C(C(=O)OC(C)C)CCC2)c(OC(C)C)c1. The molecule has 1 aliphatic rings. The van der Waals surface area contributed by atoms with Crippen molar-refractivity contribution in [1.29, 1.82) is 0 Å². The molecule has 0 spiro atoms. The zero-order chi connectivity index (χ0) is 20.7. The van der Waals surface area contributed by atoms with E-state index in [2.05, 4.69) is 13.0 Å². The second-order valence-electron chi connectivity index (χ2n) is 8.30. The van der Waals surface area contributed by atoms with E-state index in [0.29, 0.717) is 5.57 Å². The van der Waals surface area contributed by atoms with Crippen LogP contribution in [0.1, 0.15) is 90.2 Å². The molecule has 0 bridgehead atoms. The van der Waals surface area contributed by atoms with Crippen molar-refractivity contribution in [2.24, 2.45) is 0 Å². The van der Waals surface area contributed by atoms with Gasteiger partial charge in [-0.3, -0.25) is 0 Å². The van der Waals surface area contributed by atoms with Gasteiger partial charge in [0, 0.05) is 17.1 Å². The van der Waals surface area contributed by atoms with E-state index in [-0.39, 0.29) is 29.8 Å². The predicted octanol–water partition coefficient (Wildman–Crippen LogP) is 6.06. The van der Waals surface area contributed by atoms with E-state index in [1.807, 2.05) is 39.8 Å². The molecule has 156 valence electrons. The molecule has 1 aromatic rings. The molecule has 0 fully saturated rings. The average Bonchev–Trinajstić information content (AvgIpc) is 2.61. The number of carbonyl (C=O) groups excluding carboxylic acids is 1. The predicted molar refractivity (Wildman–Crippen MR) is 113 cm³/mol. The second kappa shape index (κ2) is 10.5. The summed E-state index contributed by atoms with van der Waals surface area (Å²) in [5.41, 5.74) is 2.60. The Labute approximate surface area is 169 Å². The molecular formula is C24H36O4. The summed E-state index contributed by atoms with van der Waals surface area (Å²) < 4.78 is 11.5. The maximum atomic E-state index is 12.3. The Morgan fingerprint density at radius 2 is 1.93 bits per heavy atom. The first kappa shape index (κ1) is 22.3. The van der Waals surface area contributed by atoms with E-state index in [1.165, 1.54) is 12.8 Å². The van der Waals surface area contributed by atoms with Crippen LogP contribution in [0.5, 0.6) is 11.5 Å². The van der Waals surface area contributed by atoms with Crippen LogP contribution in [-0.4, -0.2) is 23.3 Å². The Bertz CT molecular complexity index is 688. The Morgan fingerprint density at radius 3 is 2.57 bits per heavy atom. The smallest absolute Gasteiger partial charge is 0.333 e. The number of unbranched alkanes of at least 4 members (excludes halogenated alkanes) is 2. The summed E-state index contributed by atoms with van der Waals surface area (Å²) in [6, 6.07) is 3.94. The molecule has 1 N–H and O–H groups in total. The number of allylic oxidation sites excluding steroid dienone is 1. The lowest BCUT2D eigenvalue weighted by atomic mass is 9.84. The van der Waals surface area contributed by atoms with Crippen molar-refractivity contribution < 1.29 is 19.4 Å². The van der Waals surface area contributed by atoms with Crippen LogP contribution in [0.3, 0.4) is 0 Å². The zero-order valence-electron chi connectivity index (χ0n) is 18.1. The van der Waals surface area contributed by atoms with E-state index in [4.69, 9.17) is 9.47 Å². The number of hydrogen-bond acceptors (Lipinski definition) is 4. The van der Waals surface area contributed by atoms with Crippen molar-refractivity contribution in [2.75, 3.05) is 0 Å². The van der Waals surface area contributed by atoms with Gasteiger partial charge in [0.25, 0.3) is 0 Å². The first-order chi connectivity index (χ1) is 13.3. The molecule has 1 aliphatic carbocycles. The van der Waals surface area contributed by atoms with Crippen LogP contribution in [0.25, 0.3) is 0 Å². The van der Waals surface area contributed by atoms with Gasteiger partial charge in [0.2, 0.25) is 0 Å². The Balaban J connectivity index is 2.35. The van der Waals surface area contributed by atoms with Crippen LogP contribution in [-0.2, 0) is 16.0 Å². The van der Waals surface area contributed by atoms with Crippen LogP contribution in [0.15, 0.2) is 23.8 Å². The van der Waals surface area contributed by atoms with Gasteiger partial charge in [-0.1, -0.05) is 25.8 Å². The highest BCUT2D eigenvalue weighted by atomic mass is 16.5. The molecule has 4 nitrogen and oxygen atoms in total. The monoisotopic (exact) mass is 388 g/mol. The summed E-state index contributed by atoms with van der Waals surface area (Å²) in [6.45, 7) is 9.89. The van der Waals surface area contributed by atoms with E-state index >= 15 is 0 Å². The Kier molecular flexibility index (Phi) is 8.40. The molecule has 0 saturated carbocycles. The third-order valence-corrected chi connectivity index (χ3v) is 4.95. The van der Waals surface area contributed by atoms with Crippen LogP contribution < -0.4 is 4.74 Å². The van der Waals surface area contributed by atoms with Crippen molar-refractivity contribution in [1.82, 2.24) is 0 Å². The van der Waals surface area contributed by atoms with E-state index in [0.717, 1.165) is 49.0 Å². The molecule has 2 rings (SSSR count). The number of aromatic hydroxyl groups is 1. The van der Waals surface area contributed by atoms with Crippen LogP contribution in [0.4, 0.5) is 0 Å². The highest BCUT2D eigenvalue weighted by Gasteiger charge is 2.26. The molecule has 0 radical (unpaired) electrons. The fourth-order valence-electron chi connectivity index (χ4n) is 3.72. The normalized spacial score (nSPS) is 17.0. The lowest BCUT2D eigenvalue weighted by molar-refractivity contribution is -0.142. The maximum Gasteiger partial charge on any atom is 0.333 e. The van der Waals surface area contributed by atoms with Crippen LogP contribution >= 0.6 is 0 Å². The van der Waals surface area contributed by atoms with Gasteiger partial charge < -0.3 is 14.6 Å². The molecule has 0 amide bonds. The summed E-state index contributed by atoms with van der Waals surface area (Å²) in [6.07, 6.45) is 8.72. The lowest BCUT2D eigenvalue weighted by Gasteiger charge is -2.25. The highest BCUT2D eigenvalue weighted by Crippen LogP contribution is 2.42. The standard InChI is InChI=1S/C24H36O4/c1-6-7-8-10-18-13-21(25)23(22(14-18)27-16(2)3)19-11-9-12-20(15-19)24(26)28-17(4)5/h13-17,19,25H,6-12H2,1-5H3. The molecule has 1 aromatic carbocycles. The first-order valence-corrected chi connectivity index (χ1v) is 10.8. The molecule has 0 saturated heterocycles. The van der Waals surface area contributed by atoms with Gasteiger partial charge in [-0.25, -0.2) is 4.79 Å². The summed E-state index contributed by atoms with van der Waals surface area (Å²) in [5.74, 6) is 0.717. The number of phenols is 1. The van der Waals surface area contributed by atoms with Gasteiger partial charge in [0.1, 0.15) is 11.5 Å². The highest BCUT2D eigenvalue weighted by molar-refractivity contribution is 5.89. The molecule has 1 atom stereocenters. The van der Waals surface area contributed by atoms with Crippen molar-refractivity contribution >= 4 is 5.97 Å². The Hall–Kier alpha value is -1.97. The number of esters is 1. The van der Waals surface area contributed by atoms with E-state index in [9.17, 15) is 9.90 Å². The third-order valence-electron chi connectivity index (χ3n) is 4.95. The minimum absolute atomic E-state index is 0.0157. The number of rotatable bonds is 9. The van der Waals surface area contributed by atoms with Crippen molar-refractivity contribution in [2.45, 2.75) is 97.7 Å². The maximum absolute atomic E-state index is 12.3. The third kappa shape index (κ3) is 6.29. The van der Waals surface area contributed by atoms with Gasteiger partial charge in [-0.15, -0.1) is 0 Å². The second-order valence-corrected chi connectivity index (χ2v) is 8.30. The number of ether oxygens (including phenoxy) is 2. The first-order valence-electron chi connectivity index (χ1n) is 10.8. The number of phenolic OH excluding ortho intramolecular Hbond substituents is 1. The average molecular weight is 389 g/mol. The lowest BCUT2D eigenvalue weighted by Crippen LogP contribution is -2.17. The molecule has 0 heterocycles. The molecule has 4 heteroatoms. The van der Waals surface area contributed by atoms with E-state index in [1.54, 1.807) is 0 Å². The van der Waals surface area contributed by atoms with Crippen molar-refractivity contribution in [3.63, 3.8) is 0 Å². The number of carbonyl (C=O) groups is 1. The van der Waals surface area contributed by atoms with E-state index < -0.39 is 0 Å². The fourth-order valence-corrected chi connectivity index (χ4v) is 3.72. The minimum Gasteiger partial charge on any atom is -0.507 e. The number of benzene rings is 1. The van der Waals surface area contributed by atoms with Gasteiger partial charge in [0.15, 0.2) is 0 Å². The summed E-state index contributed by atoms with van der Waals surface area (Å²) in [4.78, 5) is 12.3. The van der Waals surface area contributed by atoms with Gasteiger partial charge in [0.05, 0.1) is 12.2 Å². The van der Waals surface area contributed by atoms with Gasteiger partial charge >= 0.3 is 5.97 Å². The zero-order valence-corrected chi connectivity index (χ0v) is 18.1. The van der Waals surface area contributed by atoms with Gasteiger partial charge in [-0.05, 0) is 77.5 Å². The molecule has 1 unspecified atom stereocenters.